The lowest BCUT2D eigenvalue weighted by molar-refractivity contribution is 0.440. The van der Waals surface area contributed by atoms with E-state index in [1.165, 1.54) is 24.8 Å². The molecule has 1 aliphatic rings. The van der Waals surface area contributed by atoms with Crippen LogP contribution in [0, 0.1) is 18.8 Å². The maximum Gasteiger partial charge on any atom is 0.0576 e. The van der Waals surface area contributed by atoms with Crippen molar-refractivity contribution >= 4 is 11.4 Å². The van der Waals surface area contributed by atoms with Crippen LogP contribution in [0.4, 0.5) is 11.4 Å². The van der Waals surface area contributed by atoms with Gasteiger partial charge in [-0.15, -0.1) is 0 Å². The fourth-order valence-corrected chi connectivity index (χ4v) is 2.59. The van der Waals surface area contributed by atoms with Gasteiger partial charge in [-0.25, -0.2) is 0 Å². The van der Waals surface area contributed by atoms with E-state index in [1.54, 1.807) is 0 Å². The highest BCUT2D eigenvalue weighted by Crippen LogP contribution is 2.31. The zero-order chi connectivity index (χ0) is 11.5. The number of nitrogens with one attached hydrogen (secondary N) is 1. The summed E-state index contributed by atoms with van der Waals surface area (Å²) in [6, 6.07) is 6.17. The number of aryl methyl sites for hydroxylation is 1. The monoisotopic (exact) mass is 218 g/mol. The summed E-state index contributed by atoms with van der Waals surface area (Å²) in [7, 11) is 0. The number of benzene rings is 1. The molecular formula is C14H22N2. The molecule has 1 saturated carbocycles. The number of hydrogen-bond acceptors (Lipinski definition) is 2. The molecule has 0 aliphatic heterocycles. The Morgan fingerprint density at radius 2 is 2.19 bits per heavy atom. The lowest BCUT2D eigenvalue weighted by Gasteiger charge is -2.18. The van der Waals surface area contributed by atoms with E-state index in [9.17, 15) is 0 Å². The summed E-state index contributed by atoms with van der Waals surface area (Å²) >= 11 is 0. The molecule has 0 heterocycles. The zero-order valence-corrected chi connectivity index (χ0v) is 10.3. The molecular weight excluding hydrogens is 196 g/mol. The van der Waals surface area contributed by atoms with Crippen molar-refractivity contribution in [2.45, 2.75) is 33.1 Å². The lowest BCUT2D eigenvalue weighted by atomic mass is 9.98. The average Bonchev–Trinajstić information content (AvgIpc) is 2.66. The number of rotatable bonds is 3. The largest absolute Gasteiger partial charge is 0.397 e. The molecule has 2 unspecified atom stereocenters. The van der Waals surface area contributed by atoms with Crippen LogP contribution < -0.4 is 11.1 Å². The highest BCUT2D eigenvalue weighted by atomic mass is 14.9. The quantitative estimate of drug-likeness (QED) is 0.763. The minimum atomic E-state index is 0.819. The third-order valence-corrected chi connectivity index (χ3v) is 3.80. The zero-order valence-electron chi connectivity index (χ0n) is 10.3. The topological polar surface area (TPSA) is 38.0 Å². The van der Waals surface area contributed by atoms with Gasteiger partial charge >= 0.3 is 0 Å². The molecule has 1 fully saturated rings. The predicted molar refractivity (Wildman–Crippen MR) is 70.6 cm³/mol. The van der Waals surface area contributed by atoms with E-state index in [4.69, 9.17) is 5.73 Å². The Morgan fingerprint density at radius 3 is 2.88 bits per heavy atom. The van der Waals surface area contributed by atoms with E-state index in [-0.39, 0.29) is 0 Å². The van der Waals surface area contributed by atoms with Gasteiger partial charge in [0.2, 0.25) is 0 Å². The first kappa shape index (κ1) is 11.3. The van der Waals surface area contributed by atoms with Gasteiger partial charge < -0.3 is 11.1 Å². The second kappa shape index (κ2) is 4.77. The number of nitrogen functional groups attached to an aromatic ring is 1. The first-order valence-corrected chi connectivity index (χ1v) is 6.27. The minimum absolute atomic E-state index is 0.819. The van der Waals surface area contributed by atoms with Crippen molar-refractivity contribution in [2.24, 2.45) is 11.8 Å². The molecule has 0 spiro atoms. The summed E-state index contributed by atoms with van der Waals surface area (Å²) in [6.07, 6.45) is 4.13. The molecule has 88 valence electrons. The Kier molecular flexibility index (Phi) is 3.37. The molecule has 2 heteroatoms. The maximum absolute atomic E-state index is 5.95. The predicted octanol–water partition coefficient (Wildman–Crippen LogP) is 3.43. The van der Waals surface area contributed by atoms with Crippen LogP contribution in [0.1, 0.15) is 31.7 Å². The van der Waals surface area contributed by atoms with Crippen LogP contribution in [0.5, 0.6) is 0 Å². The number of hydrogen-bond donors (Lipinski definition) is 2. The van der Waals surface area contributed by atoms with Crippen molar-refractivity contribution in [1.82, 2.24) is 0 Å². The highest BCUT2D eigenvalue weighted by molar-refractivity contribution is 5.66. The Bertz CT molecular complexity index is 360. The molecule has 2 nitrogen and oxygen atoms in total. The third kappa shape index (κ3) is 2.49. The van der Waals surface area contributed by atoms with E-state index in [0.717, 1.165) is 29.8 Å². The van der Waals surface area contributed by atoms with Crippen molar-refractivity contribution in [3.8, 4) is 0 Å². The van der Waals surface area contributed by atoms with Gasteiger partial charge in [0.15, 0.2) is 0 Å². The van der Waals surface area contributed by atoms with E-state index >= 15 is 0 Å². The van der Waals surface area contributed by atoms with Gasteiger partial charge in [-0.1, -0.05) is 25.8 Å². The Hall–Kier alpha value is -1.18. The SMILES string of the molecule is Cc1ccc(N)c(NCC2CCCC2C)c1. The Morgan fingerprint density at radius 1 is 1.38 bits per heavy atom. The third-order valence-electron chi connectivity index (χ3n) is 3.80. The van der Waals surface area contributed by atoms with Gasteiger partial charge in [-0.3, -0.25) is 0 Å². The molecule has 0 radical (unpaired) electrons. The molecule has 1 aliphatic carbocycles. The van der Waals surface area contributed by atoms with E-state index in [1.807, 2.05) is 6.07 Å². The molecule has 2 rings (SSSR count). The molecule has 0 bridgehead atoms. The van der Waals surface area contributed by atoms with Crippen molar-refractivity contribution < 1.29 is 0 Å². The molecule has 0 saturated heterocycles. The summed E-state index contributed by atoms with van der Waals surface area (Å²) in [6.45, 7) is 5.52. The van der Waals surface area contributed by atoms with Gasteiger partial charge in [-0.05, 0) is 42.9 Å². The Labute approximate surface area is 98.2 Å². The van der Waals surface area contributed by atoms with Crippen molar-refractivity contribution in [3.63, 3.8) is 0 Å². The van der Waals surface area contributed by atoms with E-state index in [2.05, 4.69) is 31.3 Å². The second-order valence-corrected chi connectivity index (χ2v) is 5.14. The molecule has 16 heavy (non-hydrogen) atoms. The van der Waals surface area contributed by atoms with Crippen LogP contribution in [0.3, 0.4) is 0 Å². The number of anilines is 2. The summed E-state index contributed by atoms with van der Waals surface area (Å²) in [5.41, 5.74) is 9.16. The summed E-state index contributed by atoms with van der Waals surface area (Å²) in [4.78, 5) is 0. The summed E-state index contributed by atoms with van der Waals surface area (Å²) < 4.78 is 0. The Balaban J connectivity index is 1.96. The van der Waals surface area contributed by atoms with Gasteiger partial charge in [0.1, 0.15) is 0 Å². The van der Waals surface area contributed by atoms with E-state index in [0.29, 0.717) is 0 Å². The van der Waals surface area contributed by atoms with Crippen LogP contribution in [-0.4, -0.2) is 6.54 Å². The molecule has 0 amide bonds. The van der Waals surface area contributed by atoms with Crippen LogP contribution in [0.2, 0.25) is 0 Å². The van der Waals surface area contributed by atoms with Crippen molar-refractivity contribution in [3.05, 3.63) is 23.8 Å². The standard InChI is InChI=1S/C14H22N2/c1-10-6-7-13(15)14(8-10)16-9-12-5-3-4-11(12)2/h6-8,11-12,16H,3-5,9,15H2,1-2H3. The minimum Gasteiger partial charge on any atom is -0.397 e. The maximum atomic E-state index is 5.95. The number of nitrogens with two attached hydrogens (primary N) is 1. The second-order valence-electron chi connectivity index (χ2n) is 5.14. The first-order valence-electron chi connectivity index (χ1n) is 6.27. The normalized spacial score (nSPS) is 24.6. The van der Waals surface area contributed by atoms with Crippen LogP contribution >= 0.6 is 0 Å². The van der Waals surface area contributed by atoms with Crippen LogP contribution in [0.25, 0.3) is 0 Å². The van der Waals surface area contributed by atoms with Crippen molar-refractivity contribution in [2.75, 3.05) is 17.6 Å². The smallest absolute Gasteiger partial charge is 0.0576 e. The first-order chi connectivity index (χ1) is 7.66. The van der Waals surface area contributed by atoms with Crippen molar-refractivity contribution in [1.29, 1.82) is 0 Å². The molecule has 3 N–H and O–H groups in total. The van der Waals surface area contributed by atoms with Gasteiger partial charge in [0, 0.05) is 6.54 Å². The summed E-state index contributed by atoms with van der Waals surface area (Å²) in [5.74, 6) is 1.68. The fraction of sp³-hybridized carbons (Fsp3) is 0.571. The average molecular weight is 218 g/mol. The van der Waals surface area contributed by atoms with Gasteiger partial charge in [0.25, 0.3) is 0 Å². The summed E-state index contributed by atoms with van der Waals surface area (Å²) in [5, 5.41) is 3.50. The molecule has 2 atom stereocenters. The van der Waals surface area contributed by atoms with E-state index < -0.39 is 0 Å². The van der Waals surface area contributed by atoms with Gasteiger partial charge in [-0.2, -0.15) is 0 Å². The van der Waals surface area contributed by atoms with Gasteiger partial charge in [0.05, 0.1) is 11.4 Å². The highest BCUT2D eigenvalue weighted by Gasteiger charge is 2.22. The molecule has 1 aromatic carbocycles. The fourth-order valence-electron chi connectivity index (χ4n) is 2.59. The van der Waals surface area contributed by atoms with Crippen LogP contribution in [0.15, 0.2) is 18.2 Å². The molecule has 1 aromatic rings. The van der Waals surface area contributed by atoms with Crippen LogP contribution in [-0.2, 0) is 0 Å². The lowest BCUT2D eigenvalue weighted by Crippen LogP contribution is -2.17. The molecule has 0 aromatic heterocycles.